The van der Waals surface area contributed by atoms with E-state index in [1.807, 2.05) is 53.4 Å². The van der Waals surface area contributed by atoms with E-state index >= 15 is 0 Å². The van der Waals surface area contributed by atoms with Crippen LogP contribution in [0.3, 0.4) is 0 Å². The second-order valence-electron chi connectivity index (χ2n) is 10.0. The highest BCUT2D eigenvalue weighted by atomic mass is 32.2. The third-order valence-electron chi connectivity index (χ3n) is 5.25. The van der Waals surface area contributed by atoms with Crippen molar-refractivity contribution in [1.29, 1.82) is 0 Å². The van der Waals surface area contributed by atoms with Crippen molar-refractivity contribution in [3.63, 3.8) is 0 Å². The molecule has 2 aliphatic rings. The van der Waals surface area contributed by atoms with Crippen LogP contribution in [-0.4, -0.2) is 68.5 Å². The summed E-state index contributed by atoms with van der Waals surface area (Å²) in [6.07, 6.45) is 3.66. The van der Waals surface area contributed by atoms with Crippen molar-refractivity contribution in [3.8, 4) is 0 Å². The normalized spacial score (nSPS) is 26.2. The molecule has 0 spiro atoms. The van der Waals surface area contributed by atoms with Crippen LogP contribution in [0.25, 0.3) is 0 Å². The van der Waals surface area contributed by atoms with Gasteiger partial charge in [0.25, 0.3) is 0 Å². The maximum atomic E-state index is 12.6. The lowest BCUT2D eigenvalue weighted by Crippen LogP contribution is -2.55. The summed E-state index contributed by atoms with van der Waals surface area (Å²) in [6.45, 7) is 15.0. The number of carbonyl (C=O) groups is 1. The molecule has 0 saturated carbocycles. The maximum absolute atomic E-state index is 12.6. The van der Waals surface area contributed by atoms with Gasteiger partial charge in [0.1, 0.15) is 5.60 Å². The Kier molecular flexibility index (Phi) is 7.99. The quantitative estimate of drug-likeness (QED) is 0.519. The number of nitrogens with one attached hydrogen (secondary N) is 2. The summed E-state index contributed by atoms with van der Waals surface area (Å²) in [5, 5.41) is 6.83. The molecular weight excluding hydrogens is 388 g/mol. The fourth-order valence-corrected chi connectivity index (χ4v) is 4.84. The van der Waals surface area contributed by atoms with Crippen LogP contribution in [0.2, 0.25) is 0 Å². The van der Waals surface area contributed by atoms with Gasteiger partial charge in [0.2, 0.25) is 0 Å². The van der Waals surface area contributed by atoms with Crippen LogP contribution in [0.4, 0.5) is 4.79 Å². The van der Waals surface area contributed by atoms with Crippen molar-refractivity contribution in [2.75, 3.05) is 18.8 Å². The topological polar surface area (TPSA) is 83.0 Å². The van der Waals surface area contributed by atoms with Crippen molar-refractivity contribution in [1.82, 2.24) is 15.5 Å². The number of carbonyl (C=O) groups excluding carboxylic acids is 1. The molecule has 1 amide bonds. The maximum Gasteiger partial charge on any atom is 0.410 e. The van der Waals surface area contributed by atoms with Gasteiger partial charge in [-0.2, -0.15) is 0 Å². The molecule has 8 heteroatoms. The molecule has 0 aromatic carbocycles. The molecule has 2 heterocycles. The number of aliphatic imine (C=N–C) groups is 1. The number of rotatable bonds is 5. The second-order valence-corrected chi connectivity index (χ2v) is 12.3. The first-order valence-corrected chi connectivity index (χ1v) is 12.2. The number of hydrogen-bond donors (Lipinski definition) is 2. The molecule has 7 nitrogen and oxygen atoms in total. The Morgan fingerprint density at radius 2 is 1.72 bits per heavy atom. The zero-order valence-electron chi connectivity index (χ0n) is 19.2. The summed E-state index contributed by atoms with van der Waals surface area (Å²) in [7, 11) is -0.905. The van der Waals surface area contributed by atoms with Gasteiger partial charge in [0, 0.05) is 46.0 Å². The Balaban J connectivity index is 1.93. The van der Waals surface area contributed by atoms with Crippen molar-refractivity contribution < 1.29 is 13.7 Å². The van der Waals surface area contributed by atoms with E-state index < -0.39 is 16.4 Å². The number of amides is 1. The van der Waals surface area contributed by atoms with E-state index in [-0.39, 0.29) is 29.0 Å². The number of hydrogen-bond acceptors (Lipinski definition) is 4. The van der Waals surface area contributed by atoms with Crippen molar-refractivity contribution in [3.05, 3.63) is 0 Å². The van der Waals surface area contributed by atoms with Gasteiger partial charge >= 0.3 is 6.09 Å². The second kappa shape index (κ2) is 9.67. The summed E-state index contributed by atoms with van der Waals surface area (Å²) >= 11 is 0. The van der Waals surface area contributed by atoms with Gasteiger partial charge in [-0.15, -0.1) is 0 Å². The lowest BCUT2D eigenvalue weighted by molar-refractivity contribution is 0.00545. The average Bonchev–Trinajstić information content (AvgIpc) is 2.84. The van der Waals surface area contributed by atoms with E-state index in [1.54, 1.807) is 0 Å². The van der Waals surface area contributed by atoms with E-state index in [4.69, 9.17) is 4.74 Å². The molecule has 2 bridgehead atoms. The molecule has 0 radical (unpaired) electrons. The Labute approximate surface area is 178 Å². The lowest BCUT2D eigenvalue weighted by atomic mass is 9.98. The van der Waals surface area contributed by atoms with Gasteiger partial charge in [0.15, 0.2) is 5.96 Å². The van der Waals surface area contributed by atoms with Crippen LogP contribution in [0.15, 0.2) is 4.99 Å². The minimum Gasteiger partial charge on any atom is -0.444 e. The molecule has 0 aromatic heterocycles. The van der Waals surface area contributed by atoms with E-state index in [1.165, 1.54) is 0 Å². The molecule has 2 N–H and O–H groups in total. The molecule has 2 aliphatic heterocycles. The first-order valence-electron chi connectivity index (χ1n) is 10.9. The van der Waals surface area contributed by atoms with Crippen LogP contribution in [0.5, 0.6) is 0 Å². The molecule has 2 fully saturated rings. The van der Waals surface area contributed by atoms with Gasteiger partial charge < -0.3 is 20.3 Å². The highest BCUT2D eigenvalue weighted by Gasteiger charge is 2.45. The van der Waals surface area contributed by atoms with Crippen LogP contribution < -0.4 is 10.6 Å². The molecule has 3 atom stereocenters. The smallest absolute Gasteiger partial charge is 0.410 e. The molecule has 168 valence electrons. The van der Waals surface area contributed by atoms with Gasteiger partial charge in [0.05, 0.1) is 6.54 Å². The fraction of sp³-hybridized carbons (Fsp3) is 0.905. The molecule has 29 heavy (non-hydrogen) atoms. The molecule has 2 saturated heterocycles. The average molecular weight is 429 g/mol. The number of piperidine rings is 1. The highest BCUT2D eigenvalue weighted by Crippen LogP contribution is 2.36. The number of nitrogens with zero attached hydrogens (tertiary/aromatic N) is 2. The summed E-state index contributed by atoms with van der Waals surface area (Å²) in [5.74, 6) is 1.33. The lowest BCUT2D eigenvalue weighted by Gasteiger charge is -2.40. The third-order valence-corrected chi connectivity index (χ3v) is 7.17. The largest absolute Gasteiger partial charge is 0.444 e. The van der Waals surface area contributed by atoms with Gasteiger partial charge in [-0.05, 0) is 74.1 Å². The van der Waals surface area contributed by atoms with E-state index in [0.29, 0.717) is 12.3 Å². The van der Waals surface area contributed by atoms with E-state index in [9.17, 15) is 9.00 Å². The summed E-state index contributed by atoms with van der Waals surface area (Å²) in [5.41, 5.74) is -0.469. The molecule has 3 unspecified atom stereocenters. The van der Waals surface area contributed by atoms with E-state index in [0.717, 1.165) is 38.2 Å². The van der Waals surface area contributed by atoms with Crippen LogP contribution in [-0.2, 0) is 15.5 Å². The minimum absolute atomic E-state index is 0.186. The first kappa shape index (κ1) is 24.0. The SMILES string of the molecule is CCNC(=NCCS(=O)C(C)(C)C)NC1CC2CCC(C1)N2C(=O)OC(C)(C)C. The third kappa shape index (κ3) is 7.15. The monoisotopic (exact) mass is 428 g/mol. The molecule has 2 rings (SSSR count). The Morgan fingerprint density at radius 1 is 1.14 bits per heavy atom. The molecule has 0 aliphatic carbocycles. The summed E-state index contributed by atoms with van der Waals surface area (Å²) < 4.78 is 17.6. The van der Waals surface area contributed by atoms with Gasteiger partial charge in [-0.3, -0.25) is 9.20 Å². The number of fused-ring (bicyclic) bond motifs is 2. The van der Waals surface area contributed by atoms with Crippen molar-refractivity contribution >= 4 is 22.9 Å². The van der Waals surface area contributed by atoms with Gasteiger partial charge in [-0.25, -0.2) is 4.79 Å². The van der Waals surface area contributed by atoms with E-state index in [2.05, 4.69) is 15.6 Å². The van der Waals surface area contributed by atoms with Crippen LogP contribution >= 0.6 is 0 Å². The Bertz CT molecular complexity index is 610. The van der Waals surface area contributed by atoms with Crippen LogP contribution in [0, 0.1) is 0 Å². The Hall–Kier alpha value is -1.31. The van der Waals surface area contributed by atoms with Crippen LogP contribution in [0.1, 0.15) is 74.1 Å². The zero-order chi connectivity index (χ0) is 21.8. The predicted octanol–water partition coefficient (Wildman–Crippen LogP) is 3.02. The zero-order valence-corrected chi connectivity index (χ0v) is 20.0. The van der Waals surface area contributed by atoms with Gasteiger partial charge in [-0.1, -0.05) is 0 Å². The first-order chi connectivity index (χ1) is 13.4. The van der Waals surface area contributed by atoms with Crippen molar-refractivity contribution in [2.45, 2.75) is 103 Å². The highest BCUT2D eigenvalue weighted by molar-refractivity contribution is 7.86. The number of guanidine groups is 1. The van der Waals surface area contributed by atoms with Crippen molar-refractivity contribution in [2.24, 2.45) is 4.99 Å². The predicted molar refractivity (Wildman–Crippen MR) is 120 cm³/mol. The molecule has 0 aromatic rings. The Morgan fingerprint density at radius 3 is 2.21 bits per heavy atom. The standard InChI is InChI=1S/C21H40N4O3S/c1-8-22-18(23-11-12-29(27)21(5,6)7)24-15-13-16-9-10-17(14-15)25(16)19(26)28-20(2,3)4/h15-17H,8-14H2,1-7H3,(H2,22,23,24). The minimum atomic E-state index is -0.905. The molecular formula is C21H40N4O3S. The summed E-state index contributed by atoms with van der Waals surface area (Å²) in [6, 6.07) is 0.715. The fourth-order valence-electron chi connectivity index (χ4n) is 3.97. The number of ether oxygens (including phenoxy) is 1. The summed E-state index contributed by atoms with van der Waals surface area (Å²) in [4.78, 5) is 19.2.